The molecule has 0 saturated carbocycles. The third-order valence-electron chi connectivity index (χ3n) is 3.08. The number of nitrogens with zero attached hydrogens (tertiary/aromatic N) is 1. The molecule has 0 aliphatic rings. The fourth-order valence-electron chi connectivity index (χ4n) is 2.25. The smallest absolute Gasteiger partial charge is 0.123 e. The molecule has 0 spiro atoms. The highest BCUT2D eigenvalue weighted by atomic mass is 19.1. The lowest BCUT2D eigenvalue weighted by molar-refractivity contribution is 0.139. The molecule has 19 heavy (non-hydrogen) atoms. The van der Waals surface area contributed by atoms with Gasteiger partial charge in [-0.3, -0.25) is 0 Å². The van der Waals surface area contributed by atoms with Crippen molar-refractivity contribution in [3.63, 3.8) is 0 Å². The molecule has 2 unspecified atom stereocenters. The Bertz CT molecular complexity index is 371. The lowest BCUT2D eigenvalue weighted by atomic mass is 10.0. The second-order valence-electron chi connectivity index (χ2n) is 5.07. The molecule has 0 aliphatic heterocycles. The zero-order chi connectivity index (χ0) is 14.3. The average molecular weight is 268 g/mol. The van der Waals surface area contributed by atoms with E-state index in [0.29, 0.717) is 6.54 Å². The van der Waals surface area contributed by atoms with Crippen LogP contribution in [-0.4, -0.2) is 42.8 Å². The summed E-state index contributed by atoms with van der Waals surface area (Å²) in [6.07, 6.45) is 0.567. The Labute approximate surface area is 115 Å². The first-order valence-electron chi connectivity index (χ1n) is 6.88. The first-order chi connectivity index (χ1) is 9.02. The van der Waals surface area contributed by atoms with E-state index in [-0.39, 0.29) is 18.0 Å². The van der Waals surface area contributed by atoms with Gasteiger partial charge >= 0.3 is 0 Å². The Hall–Kier alpha value is -0.970. The quantitative estimate of drug-likeness (QED) is 0.758. The van der Waals surface area contributed by atoms with E-state index in [2.05, 4.69) is 10.2 Å². The number of nitrogens with one attached hydrogen (secondary N) is 1. The maximum Gasteiger partial charge on any atom is 0.123 e. The van der Waals surface area contributed by atoms with E-state index in [9.17, 15) is 9.50 Å². The minimum atomic E-state index is -0.322. The molecule has 0 heterocycles. The zero-order valence-electron chi connectivity index (χ0n) is 12.1. The number of hydrogen-bond acceptors (Lipinski definition) is 3. The number of rotatable bonds is 8. The molecule has 1 rings (SSSR count). The summed E-state index contributed by atoms with van der Waals surface area (Å²) in [6.45, 7) is 6.19. The highest BCUT2D eigenvalue weighted by Gasteiger charge is 2.12. The lowest BCUT2D eigenvalue weighted by Gasteiger charge is -2.23. The molecule has 0 fully saturated rings. The monoisotopic (exact) mass is 268 g/mol. The van der Waals surface area contributed by atoms with Gasteiger partial charge in [0, 0.05) is 12.6 Å². The van der Waals surface area contributed by atoms with Gasteiger partial charge in [0.2, 0.25) is 0 Å². The molecular weight excluding hydrogens is 243 g/mol. The topological polar surface area (TPSA) is 35.5 Å². The van der Waals surface area contributed by atoms with Crippen molar-refractivity contribution in [3.8, 4) is 0 Å². The van der Waals surface area contributed by atoms with E-state index >= 15 is 0 Å². The Kier molecular flexibility index (Phi) is 6.99. The van der Waals surface area contributed by atoms with Crippen molar-refractivity contribution in [2.24, 2.45) is 0 Å². The van der Waals surface area contributed by atoms with Crippen molar-refractivity contribution in [2.75, 3.05) is 26.7 Å². The van der Waals surface area contributed by atoms with Crippen molar-refractivity contribution in [1.29, 1.82) is 0 Å². The van der Waals surface area contributed by atoms with Crippen molar-refractivity contribution in [1.82, 2.24) is 10.2 Å². The molecule has 108 valence electrons. The number of hydrogen-bond donors (Lipinski definition) is 2. The fourth-order valence-corrected chi connectivity index (χ4v) is 2.25. The van der Waals surface area contributed by atoms with E-state index in [4.69, 9.17) is 0 Å². The predicted octanol–water partition coefficient (Wildman–Crippen LogP) is 2.18. The van der Waals surface area contributed by atoms with Crippen LogP contribution >= 0.6 is 0 Å². The van der Waals surface area contributed by atoms with Crippen LogP contribution in [0.2, 0.25) is 0 Å². The Balaban J connectivity index is 2.58. The van der Waals surface area contributed by atoms with Gasteiger partial charge in [-0.1, -0.05) is 19.1 Å². The Morgan fingerprint density at radius 3 is 2.74 bits per heavy atom. The molecule has 2 atom stereocenters. The van der Waals surface area contributed by atoms with E-state index < -0.39 is 0 Å². The molecule has 3 nitrogen and oxygen atoms in total. The summed E-state index contributed by atoms with van der Waals surface area (Å²) in [6, 6.07) is 6.89. The van der Waals surface area contributed by atoms with Crippen LogP contribution in [0, 0.1) is 5.82 Å². The number of halogens is 1. The van der Waals surface area contributed by atoms with E-state index in [0.717, 1.165) is 25.1 Å². The highest BCUT2D eigenvalue weighted by Crippen LogP contribution is 2.18. The van der Waals surface area contributed by atoms with Crippen LogP contribution < -0.4 is 5.32 Å². The number of aliphatic hydroxyl groups is 1. The first kappa shape index (κ1) is 16.1. The van der Waals surface area contributed by atoms with Gasteiger partial charge in [0.05, 0.1) is 6.10 Å². The normalized spacial score (nSPS) is 14.6. The minimum Gasteiger partial charge on any atom is -0.392 e. The SMILES string of the molecule is CCNC(CCN(C)CC(C)O)c1cccc(F)c1. The summed E-state index contributed by atoms with van der Waals surface area (Å²) in [7, 11) is 1.99. The predicted molar refractivity (Wildman–Crippen MR) is 76.6 cm³/mol. The van der Waals surface area contributed by atoms with Crippen LogP contribution in [0.4, 0.5) is 4.39 Å². The summed E-state index contributed by atoms with van der Waals surface area (Å²) >= 11 is 0. The van der Waals surface area contributed by atoms with Gasteiger partial charge in [0.15, 0.2) is 0 Å². The van der Waals surface area contributed by atoms with Gasteiger partial charge in [-0.15, -0.1) is 0 Å². The van der Waals surface area contributed by atoms with Gasteiger partial charge in [0.1, 0.15) is 5.82 Å². The van der Waals surface area contributed by atoms with Crippen molar-refractivity contribution >= 4 is 0 Å². The van der Waals surface area contributed by atoms with Crippen molar-refractivity contribution < 1.29 is 9.50 Å². The van der Waals surface area contributed by atoms with E-state index in [1.54, 1.807) is 19.1 Å². The zero-order valence-corrected chi connectivity index (χ0v) is 12.1. The standard InChI is InChI=1S/C15H25FN2O/c1-4-17-15(8-9-18(3)11-12(2)19)13-6-5-7-14(16)10-13/h5-7,10,12,15,17,19H,4,8-9,11H2,1-3H3. The molecule has 1 aromatic rings. The van der Waals surface area contributed by atoms with Crippen LogP contribution in [0.3, 0.4) is 0 Å². The highest BCUT2D eigenvalue weighted by molar-refractivity contribution is 5.20. The minimum absolute atomic E-state index is 0.150. The van der Waals surface area contributed by atoms with Gasteiger partial charge in [0.25, 0.3) is 0 Å². The summed E-state index contributed by atoms with van der Waals surface area (Å²) in [5, 5.41) is 12.7. The molecule has 2 N–H and O–H groups in total. The van der Waals surface area contributed by atoms with Gasteiger partial charge < -0.3 is 15.3 Å². The molecule has 0 aliphatic carbocycles. The van der Waals surface area contributed by atoms with Gasteiger partial charge in [-0.2, -0.15) is 0 Å². The molecule has 0 saturated heterocycles. The second-order valence-corrected chi connectivity index (χ2v) is 5.07. The Morgan fingerprint density at radius 2 is 2.16 bits per heavy atom. The summed E-state index contributed by atoms with van der Waals surface area (Å²) in [5.74, 6) is -0.197. The molecule has 0 radical (unpaired) electrons. The third-order valence-corrected chi connectivity index (χ3v) is 3.08. The largest absolute Gasteiger partial charge is 0.392 e. The number of likely N-dealkylation sites (N-methyl/N-ethyl adjacent to an activating group) is 1. The summed E-state index contributed by atoms with van der Waals surface area (Å²) < 4.78 is 13.3. The second kappa shape index (κ2) is 8.25. The average Bonchev–Trinajstić information content (AvgIpc) is 2.33. The van der Waals surface area contributed by atoms with Crippen LogP contribution in [0.1, 0.15) is 31.9 Å². The molecule has 1 aromatic carbocycles. The molecule has 4 heteroatoms. The maximum absolute atomic E-state index is 13.3. The number of benzene rings is 1. The van der Waals surface area contributed by atoms with Crippen molar-refractivity contribution in [2.45, 2.75) is 32.4 Å². The van der Waals surface area contributed by atoms with Crippen molar-refractivity contribution in [3.05, 3.63) is 35.6 Å². The van der Waals surface area contributed by atoms with Crippen LogP contribution in [-0.2, 0) is 0 Å². The molecule has 0 aromatic heterocycles. The number of aliphatic hydroxyl groups excluding tert-OH is 1. The molecule has 0 bridgehead atoms. The van der Waals surface area contributed by atoms with Crippen LogP contribution in [0.25, 0.3) is 0 Å². The summed E-state index contributed by atoms with van der Waals surface area (Å²) in [4.78, 5) is 2.09. The third kappa shape index (κ3) is 6.14. The van der Waals surface area contributed by atoms with Crippen LogP contribution in [0.15, 0.2) is 24.3 Å². The first-order valence-corrected chi connectivity index (χ1v) is 6.88. The summed E-state index contributed by atoms with van der Waals surface area (Å²) in [5.41, 5.74) is 0.979. The van der Waals surface area contributed by atoms with E-state index in [1.165, 1.54) is 6.07 Å². The van der Waals surface area contributed by atoms with Gasteiger partial charge in [-0.25, -0.2) is 4.39 Å². The van der Waals surface area contributed by atoms with Gasteiger partial charge in [-0.05, 0) is 51.2 Å². The molecule has 0 amide bonds. The van der Waals surface area contributed by atoms with Crippen LogP contribution in [0.5, 0.6) is 0 Å². The lowest BCUT2D eigenvalue weighted by Crippen LogP contribution is -2.31. The Morgan fingerprint density at radius 1 is 1.42 bits per heavy atom. The fraction of sp³-hybridized carbons (Fsp3) is 0.600. The molecular formula is C15H25FN2O. The maximum atomic E-state index is 13.3. The van der Waals surface area contributed by atoms with E-state index in [1.807, 2.05) is 20.0 Å².